The maximum Gasteiger partial charge on any atom is 0.243 e. The molecule has 0 atom stereocenters. The summed E-state index contributed by atoms with van der Waals surface area (Å²) in [6.07, 6.45) is 2.38. The summed E-state index contributed by atoms with van der Waals surface area (Å²) in [6, 6.07) is 0. The van der Waals surface area contributed by atoms with Crippen LogP contribution in [-0.4, -0.2) is 37.7 Å². The predicted octanol–water partition coefficient (Wildman–Crippen LogP) is 0.807. The maximum absolute atomic E-state index is 10.9. The molecular formula is C10H13ClN6O2. The molecule has 0 spiro atoms. The minimum absolute atomic E-state index is 0.131. The second-order valence-electron chi connectivity index (χ2n) is 3.84. The van der Waals surface area contributed by atoms with Gasteiger partial charge < -0.3 is 9.88 Å². The Morgan fingerprint density at radius 2 is 2.32 bits per heavy atom. The van der Waals surface area contributed by atoms with Crippen molar-refractivity contribution >= 4 is 34.5 Å². The van der Waals surface area contributed by atoms with E-state index in [0.29, 0.717) is 29.9 Å². The summed E-state index contributed by atoms with van der Waals surface area (Å²) in [4.78, 5) is 23.3. The highest BCUT2D eigenvalue weighted by atomic mass is 35.5. The molecule has 0 bridgehead atoms. The lowest BCUT2D eigenvalue weighted by Gasteiger charge is -2.04. The number of anilines is 1. The van der Waals surface area contributed by atoms with Gasteiger partial charge in [-0.1, -0.05) is 0 Å². The van der Waals surface area contributed by atoms with Crippen LogP contribution in [0.5, 0.6) is 0 Å². The van der Waals surface area contributed by atoms with Crippen LogP contribution in [-0.2, 0) is 11.3 Å². The van der Waals surface area contributed by atoms with E-state index in [4.69, 9.17) is 16.8 Å². The van der Waals surface area contributed by atoms with Crippen LogP contribution in [0.15, 0.2) is 6.33 Å². The van der Waals surface area contributed by atoms with Crippen molar-refractivity contribution in [1.82, 2.24) is 25.0 Å². The number of amides is 1. The average molecular weight is 285 g/mol. The van der Waals surface area contributed by atoms with Crippen molar-refractivity contribution in [2.45, 2.75) is 19.4 Å². The molecule has 0 aliphatic carbocycles. The SMILES string of the molecule is CNc1nc(Cl)nc2c1ncn2CCCC(=O)NO. The number of aromatic nitrogens is 4. The number of hydrogen-bond donors (Lipinski definition) is 3. The number of halogens is 1. The molecule has 0 aromatic carbocycles. The Morgan fingerprint density at radius 1 is 1.53 bits per heavy atom. The quantitative estimate of drug-likeness (QED) is 0.426. The Labute approximate surface area is 113 Å². The molecule has 8 nitrogen and oxygen atoms in total. The summed E-state index contributed by atoms with van der Waals surface area (Å²) in [5, 5.41) is 11.4. The van der Waals surface area contributed by atoms with Gasteiger partial charge in [0, 0.05) is 20.0 Å². The second-order valence-corrected chi connectivity index (χ2v) is 4.18. The van der Waals surface area contributed by atoms with Crippen LogP contribution < -0.4 is 10.8 Å². The number of aryl methyl sites for hydroxylation is 1. The molecule has 0 unspecified atom stereocenters. The zero-order valence-corrected chi connectivity index (χ0v) is 11.0. The first-order valence-corrected chi connectivity index (χ1v) is 6.02. The summed E-state index contributed by atoms with van der Waals surface area (Å²) < 4.78 is 1.79. The molecule has 0 radical (unpaired) electrons. The topological polar surface area (TPSA) is 105 Å². The van der Waals surface area contributed by atoms with E-state index >= 15 is 0 Å². The van der Waals surface area contributed by atoms with Crippen LogP contribution >= 0.6 is 11.6 Å². The van der Waals surface area contributed by atoms with E-state index < -0.39 is 5.91 Å². The number of carbonyl (C=O) groups excluding carboxylic acids is 1. The molecule has 0 aliphatic heterocycles. The van der Waals surface area contributed by atoms with Gasteiger partial charge in [-0.2, -0.15) is 9.97 Å². The highest BCUT2D eigenvalue weighted by Gasteiger charge is 2.11. The predicted molar refractivity (Wildman–Crippen MR) is 69.0 cm³/mol. The minimum atomic E-state index is -0.423. The lowest BCUT2D eigenvalue weighted by Crippen LogP contribution is -2.18. The number of nitrogens with one attached hydrogen (secondary N) is 2. The van der Waals surface area contributed by atoms with Gasteiger partial charge in [0.15, 0.2) is 17.0 Å². The molecule has 9 heteroatoms. The molecule has 0 aliphatic rings. The van der Waals surface area contributed by atoms with Crippen molar-refractivity contribution in [3.05, 3.63) is 11.6 Å². The van der Waals surface area contributed by atoms with Gasteiger partial charge in [-0.3, -0.25) is 10.0 Å². The van der Waals surface area contributed by atoms with Crippen LogP contribution in [0.1, 0.15) is 12.8 Å². The molecule has 0 saturated heterocycles. The summed E-state index contributed by atoms with van der Waals surface area (Å²) in [5.74, 6) is 0.134. The van der Waals surface area contributed by atoms with Gasteiger partial charge in [0.05, 0.1) is 6.33 Å². The van der Waals surface area contributed by atoms with Crippen molar-refractivity contribution in [2.24, 2.45) is 0 Å². The number of imidazole rings is 1. The highest BCUT2D eigenvalue weighted by molar-refractivity contribution is 6.28. The van der Waals surface area contributed by atoms with Gasteiger partial charge in [-0.15, -0.1) is 0 Å². The smallest absolute Gasteiger partial charge is 0.243 e. The number of hydrogen-bond acceptors (Lipinski definition) is 6. The number of rotatable bonds is 5. The molecule has 102 valence electrons. The standard InChI is InChI=1S/C10H13ClN6O2/c1-12-8-7-9(15-10(11)14-8)17(5-13-7)4-2-3-6(18)16-19/h5,19H,2-4H2,1H3,(H,16,18)(H,12,14,15). The lowest BCUT2D eigenvalue weighted by molar-refractivity contribution is -0.129. The fourth-order valence-electron chi connectivity index (χ4n) is 1.72. The van der Waals surface area contributed by atoms with E-state index in [2.05, 4.69) is 20.3 Å². The third-order valence-corrected chi connectivity index (χ3v) is 2.77. The first kappa shape index (κ1) is 13.5. The van der Waals surface area contributed by atoms with Crippen LogP contribution in [0.4, 0.5) is 5.82 Å². The molecular weight excluding hydrogens is 272 g/mol. The van der Waals surface area contributed by atoms with Gasteiger partial charge in [0.25, 0.3) is 0 Å². The fourth-order valence-corrected chi connectivity index (χ4v) is 1.89. The minimum Gasteiger partial charge on any atom is -0.371 e. The molecule has 2 rings (SSSR count). The third kappa shape index (κ3) is 2.91. The molecule has 0 fully saturated rings. The molecule has 1 amide bonds. The Bertz CT molecular complexity index is 599. The molecule has 3 N–H and O–H groups in total. The van der Waals surface area contributed by atoms with Crippen LogP contribution in [0.25, 0.3) is 11.2 Å². The Balaban J connectivity index is 2.20. The maximum atomic E-state index is 10.9. The molecule has 0 saturated carbocycles. The van der Waals surface area contributed by atoms with Gasteiger partial charge in [0.2, 0.25) is 11.2 Å². The van der Waals surface area contributed by atoms with Gasteiger partial charge >= 0.3 is 0 Å². The van der Waals surface area contributed by atoms with Crippen LogP contribution in [0.2, 0.25) is 5.28 Å². The Morgan fingerprint density at radius 3 is 3.00 bits per heavy atom. The van der Waals surface area contributed by atoms with Crippen molar-refractivity contribution in [1.29, 1.82) is 0 Å². The van der Waals surface area contributed by atoms with E-state index in [1.807, 2.05) is 0 Å². The van der Waals surface area contributed by atoms with E-state index in [1.54, 1.807) is 23.4 Å². The lowest BCUT2D eigenvalue weighted by atomic mass is 10.3. The normalized spacial score (nSPS) is 10.7. The van der Waals surface area contributed by atoms with Crippen molar-refractivity contribution in [3.8, 4) is 0 Å². The first-order valence-electron chi connectivity index (χ1n) is 5.64. The Hall–Kier alpha value is -1.93. The van der Waals surface area contributed by atoms with Gasteiger partial charge in [0.1, 0.15) is 0 Å². The summed E-state index contributed by atoms with van der Waals surface area (Å²) in [5.41, 5.74) is 2.82. The molecule has 2 aromatic rings. The average Bonchev–Trinajstić information content (AvgIpc) is 2.80. The van der Waals surface area contributed by atoms with Crippen LogP contribution in [0.3, 0.4) is 0 Å². The first-order chi connectivity index (χ1) is 9.15. The zero-order valence-electron chi connectivity index (χ0n) is 10.2. The molecule has 2 heterocycles. The number of fused-ring (bicyclic) bond motifs is 1. The highest BCUT2D eigenvalue weighted by Crippen LogP contribution is 2.20. The monoisotopic (exact) mass is 284 g/mol. The third-order valence-electron chi connectivity index (χ3n) is 2.60. The van der Waals surface area contributed by atoms with Crippen LogP contribution in [0, 0.1) is 0 Å². The van der Waals surface area contributed by atoms with Gasteiger partial charge in [-0.25, -0.2) is 10.5 Å². The number of hydroxylamine groups is 1. The molecule has 2 aromatic heterocycles. The number of carbonyl (C=O) groups is 1. The van der Waals surface area contributed by atoms with Crippen molar-refractivity contribution in [3.63, 3.8) is 0 Å². The van der Waals surface area contributed by atoms with Crippen molar-refractivity contribution in [2.75, 3.05) is 12.4 Å². The summed E-state index contributed by atoms with van der Waals surface area (Å²) >= 11 is 5.84. The Kier molecular flexibility index (Phi) is 4.13. The number of nitrogens with zero attached hydrogens (tertiary/aromatic N) is 4. The fraction of sp³-hybridized carbons (Fsp3) is 0.400. The van der Waals surface area contributed by atoms with Gasteiger partial charge in [-0.05, 0) is 18.0 Å². The van der Waals surface area contributed by atoms with Crippen molar-refractivity contribution < 1.29 is 10.0 Å². The summed E-state index contributed by atoms with van der Waals surface area (Å²) in [7, 11) is 1.72. The van der Waals surface area contributed by atoms with E-state index in [0.717, 1.165) is 0 Å². The molecule has 19 heavy (non-hydrogen) atoms. The van der Waals surface area contributed by atoms with E-state index in [-0.39, 0.29) is 11.7 Å². The zero-order chi connectivity index (χ0) is 13.8. The largest absolute Gasteiger partial charge is 0.371 e. The van der Waals surface area contributed by atoms with E-state index in [9.17, 15) is 4.79 Å². The summed E-state index contributed by atoms with van der Waals surface area (Å²) in [6.45, 7) is 0.542. The van der Waals surface area contributed by atoms with E-state index in [1.165, 1.54) is 0 Å². The second kappa shape index (κ2) is 5.81.